The molecular weight excluding hydrogens is 337 g/mol. The van der Waals surface area contributed by atoms with E-state index in [-0.39, 0.29) is 0 Å². The maximum Gasteiger partial charge on any atom is -0.0187 e. The fourth-order valence-electron chi connectivity index (χ4n) is 2.37. The summed E-state index contributed by atoms with van der Waals surface area (Å²) in [7, 11) is -2.78. The highest BCUT2D eigenvalue weighted by Crippen LogP contribution is 3.24. The zero-order chi connectivity index (χ0) is 15.0. The SMILES string of the molecule is CS1(C)S(C)(C)S(C)(C)S(C)(C)S(C)(C)S1(C)C. The smallest absolute Gasteiger partial charge is 0.0187 e. The molecule has 1 heterocycles. The molecule has 1 aliphatic heterocycles. The first-order valence-corrected chi connectivity index (χ1v) is 23.7. The number of rotatable bonds is 0. The van der Waals surface area contributed by atoms with Crippen molar-refractivity contribution in [2.24, 2.45) is 0 Å². The van der Waals surface area contributed by atoms with Crippen molar-refractivity contribution in [2.45, 2.75) is 0 Å². The molecule has 0 amide bonds. The predicted molar refractivity (Wildman–Crippen MR) is 117 cm³/mol. The molecule has 0 atom stereocenters. The van der Waals surface area contributed by atoms with Crippen molar-refractivity contribution in [3.05, 3.63) is 0 Å². The summed E-state index contributed by atoms with van der Waals surface area (Å²) < 4.78 is 0. The minimum atomic E-state index is -0.464. The molecule has 18 heavy (non-hydrogen) atoms. The van der Waals surface area contributed by atoms with Gasteiger partial charge in [0.15, 0.2) is 0 Å². The van der Waals surface area contributed by atoms with Crippen LogP contribution in [0.5, 0.6) is 0 Å². The maximum absolute atomic E-state index is 2.69. The molecule has 0 aliphatic carbocycles. The molecular formula is C12H36S6. The van der Waals surface area contributed by atoms with Gasteiger partial charge in [0, 0.05) is 0 Å². The van der Waals surface area contributed by atoms with Crippen molar-refractivity contribution < 1.29 is 0 Å². The van der Waals surface area contributed by atoms with E-state index < -0.39 is 48.6 Å². The second-order valence-electron chi connectivity index (χ2n) is 6.86. The second-order valence-corrected chi connectivity index (χ2v) is 54.4. The fourth-order valence-corrected chi connectivity index (χ4v) is 115. The number of hydrogen-bond acceptors (Lipinski definition) is 0. The molecule has 0 bridgehead atoms. The first-order valence-electron chi connectivity index (χ1n) is 5.90. The zero-order valence-electron chi connectivity index (χ0n) is 14.4. The molecule has 0 nitrogen and oxygen atoms in total. The lowest BCUT2D eigenvalue weighted by Crippen LogP contribution is -2.30. The maximum atomic E-state index is 2.69. The fraction of sp³-hybridized carbons (Fsp3) is 1.00. The topological polar surface area (TPSA) is 0 Å². The summed E-state index contributed by atoms with van der Waals surface area (Å²) in [6, 6.07) is 0. The lowest BCUT2D eigenvalue weighted by atomic mass is 11.9. The Balaban J connectivity index is 3.72. The highest BCUT2D eigenvalue weighted by atomic mass is 34.2. The summed E-state index contributed by atoms with van der Waals surface area (Å²) in [6.07, 6.45) is 32.3. The molecule has 0 spiro atoms. The van der Waals surface area contributed by atoms with Gasteiger partial charge in [-0.25, -0.2) is 0 Å². The van der Waals surface area contributed by atoms with Gasteiger partial charge in [0.25, 0.3) is 0 Å². The first kappa shape index (κ1) is 18.1. The van der Waals surface area contributed by atoms with Gasteiger partial charge in [-0.3, -0.25) is 0 Å². The summed E-state index contributed by atoms with van der Waals surface area (Å²) in [6.45, 7) is 0. The third-order valence-corrected chi connectivity index (χ3v) is 93.6. The van der Waals surface area contributed by atoms with E-state index in [1.807, 2.05) is 0 Å². The van der Waals surface area contributed by atoms with Crippen LogP contribution in [0, 0.1) is 0 Å². The molecule has 6 heteroatoms. The Morgan fingerprint density at radius 2 is 0.278 bits per heavy atom. The second kappa shape index (κ2) is 4.31. The van der Waals surface area contributed by atoms with Crippen molar-refractivity contribution in [2.75, 3.05) is 75.1 Å². The van der Waals surface area contributed by atoms with E-state index in [4.69, 9.17) is 0 Å². The van der Waals surface area contributed by atoms with Gasteiger partial charge < -0.3 is 0 Å². The molecule has 0 N–H and O–H groups in total. The molecule has 1 aliphatic rings. The van der Waals surface area contributed by atoms with Crippen LogP contribution in [0.2, 0.25) is 0 Å². The molecule has 0 radical (unpaired) electrons. The molecule has 0 unspecified atom stereocenters. The van der Waals surface area contributed by atoms with Gasteiger partial charge in [0.05, 0.1) is 0 Å². The Morgan fingerprint density at radius 1 is 0.222 bits per heavy atom. The van der Waals surface area contributed by atoms with Gasteiger partial charge in [0.1, 0.15) is 0 Å². The van der Waals surface area contributed by atoms with Crippen LogP contribution in [-0.4, -0.2) is 75.1 Å². The first-order chi connectivity index (χ1) is 7.50. The summed E-state index contributed by atoms with van der Waals surface area (Å²) in [5, 5.41) is 0. The van der Waals surface area contributed by atoms with Crippen LogP contribution >= 0.6 is 48.6 Å². The van der Waals surface area contributed by atoms with E-state index in [9.17, 15) is 0 Å². The molecule has 0 aromatic heterocycles. The van der Waals surface area contributed by atoms with E-state index in [1.54, 1.807) is 0 Å². The van der Waals surface area contributed by atoms with Crippen LogP contribution in [0.3, 0.4) is 0 Å². The molecule has 120 valence electrons. The number of hydrogen-bond donors (Lipinski definition) is 0. The van der Waals surface area contributed by atoms with Crippen LogP contribution in [0.4, 0.5) is 0 Å². The molecule has 1 rings (SSSR count). The van der Waals surface area contributed by atoms with Crippen molar-refractivity contribution in [1.29, 1.82) is 0 Å². The van der Waals surface area contributed by atoms with Gasteiger partial charge in [0.2, 0.25) is 0 Å². The van der Waals surface area contributed by atoms with E-state index in [2.05, 4.69) is 75.1 Å². The molecule has 1 fully saturated rings. The van der Waals surface area contributed by atoms with Crippen LogP contribution in [0.25, 0.3) is 0 Å². The minimum Gasteiger partial charge on any atom is -0.169 e. The highest BCUT2D eigenvalue weighted by Gasteiger charge is 2.61. The third kappa shape index (κ3) is 1.68. The Labute approximate surface area is 123 Å². The Hall–Kier alpha value is 2.10. The van der Waals surface area contributed by atoms with E-state index in [0.717, 1.165) is 0 Å². The Bertz CT molecular complexity index is 248. The largest absolute Gasteiger partial charge is 0.169 e. The molecule has 0 saturated carbocycles. The van der Waals surface area contributed by atoms with Crippen molar-refractivity contribution in [3.8, 4) is 0 Å². The molecule has 1 saturated heterocycles. The monoisotopic (exact) mass is 372 g/mol. The van der Waals surface area contributed by atoms with E-state index in [1.165, 1.54) is 0 Å². The third-order valence-electron chi connectivity index (χ3n) is 5.80. The van der Waals surface area contributed by atoms with E-state index in [0.29, 0.717) is 0 Å². The van der Waals surface area contributed by atoms with Gasteiger partial charge in [-0.15, -0.1) is 0 Å². The van der Waals surface area contributed by atoms with Crippen molar-refractivity contribution in [3.63, 3.8) is 0 Å². The summed E-state index contributed by atoms with van der Waals surface area (Å²) in [5.41, 5.74) is 0. The van der Waals surface area contributed by atoms with Crippen LogP contribution in [0.15, 0.2) is 0 Å². The van der Waals surface area contributed by atoms with Crippen LogP contribution in [-0.2, 0) is 0 Å². The van der Waals surface area contributed by atoms with Gasteiger partial charge in [-0.2, -0.15) is 48.6 Å². The minimum absolute atomic E-state index is 0.464. The van der Waals surface area contributed by atoms with Gasteiger partial charge in [-0.05, 0) is 75.1 Å². The van der Waals surface area contributed by atoms with Gasteiger partial charge in [-0.1, -0.05) is 0 Å². The quantitative estimate of drug-likeness (QED) is 0.466. The molecule has 0 aromatic carbocycles. The lowest BCUT2D eigenvalue weighted by Gasteiger charge is -2.87. The average Bonchev–Trinajstić information content (AvgIpc) is 2.14. The standard InChI is InChI=1S/C12H36S6/c1-13(2)14(3,4)16(7,8)18(11,12)17(9,10)15(13,5)6/h1-12H3. The van der Waals surface area contributed by atoms with Crippen molar-refractivity contribution in [1.82, 2.24) is 0 Å². The van der Waals surface area contributed by atoms with Gasteiger partial charge >= 0.3 is 0 Å². The predicted octanol–water partition coefficient (Wildman–Crippen LogP) is 5.88. The average molecular weight is 373 g/mol. The highest BCUT2D eigenvalue weighted by molar-refractivity contribution is 9.88. The summed E-state index contributed by atoms with van der Waals surface area (Å²) in [4.78, 5) is 0. The van der Waals surface area contributed by atoms with Crippen LogP contribution < -0.4 is 0 Å². The summed E-state index contributed by atoms with van der Waals surface area (Å²) in [5.74, 6) is 0. The zero-order valence-corrected chi connectivity index (χ0v) is 19.3. The van der Waals surface area contributed by atoms with Crippen LogP contribution in [0.1, 0.15) is 0 Å². The van der Waals surface area contributed by atoms with Crippen molar-refractivity contribution >= 4 is 48.6 Å². The van der Waals surface area contributed by atoms with E-state index >= 15 is 0 Å². The Kier molecular flexibility index (Phi) is 4.35. The lowest BCUT2D eigenvalue weighted by molar-refractivity contribution is 2.17. The normalized spacial score (nSPS) is 44.7. The molecule has 0 aromatic rings. The summed E-state index contributed by atoms with van der Waals surface area (Å²) >= 11 is 0. The Morgan fingerprint density at radius 3 is 0.333 bits per heavy atom.